The molecule has 0 bridgehead atoms. The quantitative estimate of drug-likeness (QED) is 0.869. The first kappa shape index (κ1) is 13.1. The summed E-state index contributed by atoms with van der Waals surface area (Å²) >= 11 is 6.00. The monoisotopic (exact) mass is 291 g/mol. The number of aromatic nitrogens is 3. The molecule has 5 nitrogen and oxygen atoms in total. The average Bonchev–Trinajstić information content (AvgIpc) is 3.19. The van der Waals surface area contributed by atoms with E-state index in [-0.39, 0.29) is 17.8 Å². The lowest BCUT2D eigenvalue weighted by Gasteiger charge is -2.03. The highest BCUT2D eigenvalue weighted by atomic mass is 35.5. The van der Waals surface area contributed by atoms with Crippen LogP contribution in [0.5, 0.6) is 6.01 Å². The molecular formula is C14H14ClN3O2. The van der Waals surface area contributed by atoms with Gasteiger partial charge in [0.05, 0.1) is 6.61 Å². The van der Waals surface area contributed by atoms with Gasteiger partial charge in [-0.1, -0.05) is 23.7 Å². The molecule has 1 aliphatic carbocycles. The largest absolute Gasteiger partial charge is 0.463 e. The van der Waals surface area contributed by atoms with E-state index in [1.807, 2.05) is 19.1 Å². The highest BCUT2D eigenvalue weighted by Gasteiger charge is 2.33. The van der Waals surface area contributed by atoms with Crippen LogP contribution in [0, 0.1) is 5.92 Å². The molecule has 0 unspecified atom stereocenters. The molecule has 104 valence electrons. The zero-order valence-electron chi connectivity index (χ0n) is 11.0. The number of benzene rings is 1. The van der Waals surface area contributed by atoms with Gasteiger partial charge in [-0.05, 0) is 31.9 Å². The summed E-state index contributed by atoms with van der Waals surface area (Å²) < 4.78 is 6.64. The van der Waals surface area contributed by atoms with Crippen molar-refractivity contribution in [3.8, 4) is 17.4 Å². The van der Waals surface area contributed by atoms with Crippen LogP contribution in [0.2, 0.25) is 5.02 Å². The van der Waals surface area contributed by atoms with Crippen LogP contribution in [0.15, 0.2) is 24.3 Å². The molecule has 0 saturated heterocycles. The van der Waals surface area contributed by atoms with Gasteiger partial charge in [0.1, 0.15) is 0 Å². The Morgan fingerprint density at radius 3 is 2.95 bits per heavy atom. The average molecular weight is 292 g/mol. The van der Waals surface area contributed by atoms with E-state index in [0.717, 1.165) is 18.4 Å². The molecule has 1 aromatic heterocycles. The summed E-state index contributed by atoms with van der Waals surface area (Å²) in [4.78, 5) is 16.6. The summed E-state index contributed by atoms with van der Waals surface area (Å²) in [5.74, 6) is 0.510. The van der Waals surface area contributed by atoms with Crippen LogP contribution < -0.4 is 4.74 Å². The molecule has 1 aromatic carbocycles. The molecule has 0 spiro atoms. The lowest BCUT2D eigenvalue weighted by atomic mass is 10.2. The Morgan fingerprint density at radius 2 is 2.30 bits per heavy atom. The van der Waals surface area contributed by atoms with Crippen LogP contribution in [0.3, 0.4) is 0 Å². The van der Waals surface area contributed by atoms with E-state index in [1.54, 1.807) is 12.1 Å². The van der Waals surface area contributed by atoms with Crippen molar-refractivity contribution in [2.75, 3.05) is 6.61 Å². The minimum atomic E-state index is -0.0292. The fourth-order valence-corrected chi connectivity index (χ4v) is 2.15. The van der Waals surface area contributed by atoms with Crippen molar-refractivity contribution in [1.29, 1.82) is 0 Å². The molecule has 0 radical (unpaired) electrons. The van der Waals surface area contributed by atoms with Crippen LogP contribution in [0.4, 0.5) is 0 Å². The van der Waals surface area contributed by atoms with Gasteiger partial charge in [0.2, 0.25) is 0 Å². The summed E-state index contributed by atoms with van der Waals surface area (Å²) in [5.41, 5.74) is 0.755. The van der Waals surface area contributed by atoms with Gasteiger partial charge >= 0.3 is 6.01 Å². The summed E-state index contributed by atoms with van der Waals surface area (Å²) in [6.07, 6.45) is 1.83. The molecule has 1 saturated carbocycles. The maximum absolute atomic E-state index is 12.3. The Balaban J connectivity index is 2.05. The number of hydrogen-bond acceptors (Lipinski definition) is 4. The van der Waals surface area contributed by atoms with E-state index in [4.69, 9.17) is 16.3 Å². The number of hydrogen-bond donors (Lipinski definition) is 0. The standard InChI is InChI=1S/C14H14ClN3O2/c1-2-20-14-16-12(10-4-3-5-11(15)8-10)18(17-14)13(19)9-6-7-9/h3-5,8-9H,2,6-7H2,1H3. The van der Waals surface area contributed by atoms with Gasteiger partial charge in [-0.3, -0.25) is 4.79 Å². The smallest absolute Gasteiger partial charge is 0.336 e. The molecule has 0 atom stereocenters. The zero-order valence-corrected chi connectivity index (χ0v) is 11.8. The zero-order chi connectivity index (χ0) is 14.1. The van der Waals surface area contributed by atoms with E-state index in [2.05, 4.69) is 10.1 Å². The molecule has 1 aliphatic rings. The van der Waals surface area contributed by atoms with Crippen LogP contribution >= 0.6 is 11.6 Å². The van der Waals surface area contributed by atoms with E-state index < -0.39 is 0 Å². The summed E-state index contributed by atoms with van der Waals surface area (Å²) in [6, 6.07) is 7.42. The minimum absolute atomic E-state index is 0.0292. The Bertz CT molecular complexity index is 650. The van der Waals surface area contributed by atoms with Crippen LogP contribution in [0.1, 0.15) is 24.6 Å². The van der Waals surface area contributed by atoms with Crippen LogP contribution in [-0.4, -0.2) is 27.3 Å². The molecule has 1 heterocycles. The van der Waals surface area contributed by atoms with Crippen molar-refractivity contribution in [3.05, 3.63) is 29.3 Å². The van der Waals surface area contributed by atoms with Crippen molar-refractivity contribution < 1.29 is 9.53 Å². The predicted molar refractivity (Wildman–Crippen MR) is 75.0 cm³/mol. The first-order chi connectivity index (χ1) is 9.69. The van der Waals surface area contributed by atoms with E-state index >= 15 is 0 Å². The molecule has 1 fully saturated rings. The van der Waals surface area contributed by atoms with Crippen molar-refractivity contribution in [3.63, 3.8) is 0 Å². The molecule has 0 amide bonds. The topological polar surface area (TPSA) is 57.0 Å². The highest BCUT2D eigenvalue weighted by Crippen LogP contribution is 2.32. The summed E-state index contributed by atoms with van der Waals surface area (Å²) in [6.45, 7) is 2.30. The fourth-order valence-electron chi connectivity index (χ4n) is 1.95. The Labute approximate surface area is 121 Å². The van der Waals surface area contributed by atoms with Crippen molar-refractivity contribution >= 4 is 17.5 Å². The third-order valence-electron chi connectivity index (χ3n) is 3.08. The molecule has 3 rings (SSSR count). The predicted octanol–water partition coefficient (Wildman–Crippen LogP) is 3.05. The fraction of sp³-hybridized carbons (Fsp3) is 0.357. The van der Waals surface area contributed by atoms with Gasteiger partial charge in [0.25, 0.3) is 5.91 Å². The van der Waals surface area contributed by atoms with Gasteiger partial charge < -0.3 is 4.74 Å². The van der Waals surface area contributed by atoms with Gasteiger partial charge in [0.15, 0.2) is 5.82 Å². The molecule has 2 aromatic rings. The third kappa shape index (κ3) is 2.54. The summed E-state index contributed by atoms with van der Waals surface area (Å²) in [7, 11) is 0. The number of rotatable bonds is 4. The number of carbonyl (C=O) groups excluding carboxylic acids is 1. The van der Waals surface area contributed by atoms with E-state index in [0.29, 0.717) is 17.5 Å². The lowest BCUT2D eigenvalue weighted by Crippen LogP contribution is -2.15. The molecule has 6 heteroatoms. The van der Waals surface area contributed by atoms with E-state index in [1.165, 1.54) is 4.68 Å². The normalized spacial score (nSPS) is 14.3. The number of nitrogens with zero attached hydrogens (tertiary/aromatic N) is 3. The lowest BCUT2D eigenvalue weighted by molar-refractivity contribution is 0.0870. The van der Waals surface area contributed by atoms with Gasteiger partial charge in [0, 0.05) is 16.5 Å². The number of carbonyl (C=O) groups is 1. The first-order valence-corrected chi connectivity index (χ1v) is 6.97. The van der Waals surface area contributed by atoms with Crippen molar-refractivity contribution in [1.82, 2.24) is 14.8 Å². The van der Waals surface area contributed by atoms with Gasteiger partial charge in [-0.15, -0.1) is 5.10 Å². The van der Waals surface area contributed by atoms with Crippen molar-refractivity contribution in [2.45, 2.75) is 19.8 Å². The van der Waals surface area contributed by atoms with Crippen molar-refractivity contribution in [2.24, 2.45) is 5.92 Å². The second-order valence-electron chi connectivity index (χ2n) is 4.69. The van der Waals surface area contributed by atoms with Gasteiger partial charge in [-0.2, -0.15) is 9.67 Å². The summed E-state index contributed by atoms with van der Waals surface area (Å²) in [5, 5.41) is 4.75. The SMILES string of the molecule is CCOc1nc(-c2cccc(Cl)c2)n(C(=O)C2CC2)n1. The number of halogens is 1. The van der Waals surface area contributed by atoms with Crippen LogP contribution in [0.25, 0.3) is 11.4 Å². The third-order valence-corrected chi connectivity index (χ3v) is 3.31. The maximum Gasteiger partial charge on any atom is 0.336 e. The maximum atomic E-state index is 12.3. The molecule has 0 N–H and O–H groups in total. The molecule has 0 aliphatic heterocycles. The second-order valence-corrected chi connectivity index (χ2v) is 5.12. The number of ether oxygens (including phenoxy) is 1. The molecular weight excluding hydrogens is 278 g/mol. The van der Waals surface area contributed by atoms with E-state index in [9.17, 15) is 4.79 Å². The van der Waals surface area contributed by atoms with Gasteiger partial charge in [-0.25, -0.2) is 0 Å². The van der Waals surface area contributed by atoms with Crippen LogP contribution in [-0.2, 0) is 0 Å². The molecule has 20 heavy (non-hydrogen) atoms. The second kappa shape index (κ2) is 5.25. The minimum Gasteiger partial charge on any atom is -0.463 e. The Kier molecular flexibility index (Phi) is 3.44. The Morgan fingerprint density at radius 1 is 1.50 bits per heavy atom. The first-order valence-electron chi connectivity index (χ1n) is 6.59. The Hall–Kier alpha value is -1.88. The highest BCUT2D eigenvalue weighted by molar-refractivity contribution is 6.30.